The fourth-order valence-corrected chi connectivity index (χ4v) is 1.89. The highest BCUT2D eigenvalue weighted by molar-refractivity contribution is 6.22. The van der Waals surface area contributed by atoms with Crippen molar-refractivity contribution in [1.82, 2.24) is 4.90 Å². The summed E-state index contributed by atoms with van der Waals surface area (Å²) < 4.78 is 0. The average Bonchev–Trinajstić information content (AvgIpc) is 2.41. The molecule has 1 aromatic rings. The molecule has 0 atom stereocenters. The summed E-state index contributed by atoms with van der Waals surface area (Å²) in [7, 11) is 1.65. The molecule has 1 heterocycles. The van der Waals surface area contributed by atoms with Crippen molar-refractivity contribution in [2.24, 2.45) is 0 Å². The van der Waals surface area contributed by atoms with Crippen LogP contribution < -0.4 is 4.90 Å². The molecule has 17 heavy (non-hydrogen) atoms. The number of urea groups is 1. The van der Waals surface area contributed by atoms with Crippen LogP contribution >= 0.6 is 0 Å². The standard InChI is InChI=1S/C13H16N2O2/c1-9-6-5-7-10(8-9)15-11(16)13(2,3)14(4)12(15)17/h5-8H,1-4H3. The van der Waals surface area contributed by atoms with Gasteiger partial charge >= 0.3 is 6.03 Å². The van der Waals surface area contributed by atoms with E-state index in [0.717, 1.165) is 5.56 Å². The number of imide groups is 1. The lowest BCUT2D eigenvalue weighted by Gasteiger charge is -2.22. The van der Waals surface area contributed by atoms with Crippen LogP contribution in [0.25, 0.3) is 0 Å². The van der Waals surface area contributed by atoms with Crippen molar-refractivity contribution in [2.75, 3.05) is 11.9 Å². The van der Waals surface area contributed by atoms with E-state index < -0.39 is 5.54 Å². The van der Waals surface area contributed by atoms with Gasteiger partial charge in [0.05, 0.1) is 5.69 Å². The predicted octanol–water partition coefficient (Wildman–Crippen LogP) is 2.17. The lowest BCUT2D eigenvalue weighted by Crippen LogP contribution is -2.41. The largest absolute Gasteiger partial charge is 0.332 e. The third kappa shape index (κ3) is 1.60. The van der Waals surface area contributed by atoms with Gasteiger partial charge in [0, 0.05) is 7.05 Å². The Bertz CT molecular complexity index is 494. The molecule has 0 aromatic heterocycles. The number of amides is 3. The normalized spacial score (nSPS) is 19.1. The fourth-order valence-electron chi connectivity index (χ4n) is 1.89. The summed E-state index contributed by atoms with van der Waals surface area (Å²) in [6, 6.07) is 7.12. The van der Waals surface area contributed by atoms with Crippen LogP contribution in [0.5, 0.6) is 0 Å². The van der Waals surface area contributed by atoms with Crippen LogP contribution in [-0.4, -0.2) is 29.4 Å². The minimum absolute atomic E-state index is 0.185. The van der Waals surface area contributed by atoms with Crippen molar-refractivity contribution in [3.63, 3.8) is 0 Å². The fraction of sp³-hybridized carbons (Fsp3) is 0.385. The van der Waals surface area contributed by atoms with E-state index in [-0.39, 0.29) is 11.9 Å². The predicted molar refractivity (Wildman–Crippen MR) is 65.9 cm³/mol. The van der Waals surface area contributed by atoms with E-state index in [1.807, 2.05) is 25.1 Å². The molecule has 0 radical (unpaired) electrons. The molecule has 4 nitrogen and oxygen atoms in total. The van der Waals surface area contributed by atoms with Gasteiger partial charge in [0.2, 0.25) is 0 Å². The molecule has 90 valence electrons. The maximum Gasteiger partial charge on any atom is 0.332 e. The summed E-state index contributed by atoms with van der Waals surface area (Å²) in [5.74, 6) is -0.185. The molecule has 0 N–H and O–H groups in total. The number of carbonyl (C=O) groups is 2. The second-order valence-electron chi connectivity index (χ2n) is 4.88. The molecule has 1 aliphatic rings. The summed E-state index contributed by atoms with van der Waals surface area (Å²) in [6.07, 6.45) is 0. The van der Waals surface area contributed by atoms with Gasteiger partial charge in [-0.3, -0.25) is 4.79 Å². The number of likely N-dealkylation sites (N-methyl/N-ethyl adjacent to an activating group) is 1. The van der Waals surface area contributed by atoms with E-state index in [1.165, 1.54) is 9.80 Å². The first-order valence-corrected chi connectivity index (χ1v) is 5.54. The van der Waals surface area contributed by atoms with Crippen molar-refractivity contribution in [3.8, 4) is 0 Å². The molecule has 1 aliphatic heterocycles. The van der Waals surface area contributed by atoms with Crippen molar-refractivity contribution >= 4 is 17.6 Å². The number of rotatable bonds is 1. The van der Waals surface area contributed by atoms with Gasteiger partial charge < -0.3 is 4.90 Å². The molecular weight excluding hydrogens is 216 g/mol. The Morgan fingerprint density at radius 3 is 2.29 bits per heavy atom. The number of hydrogen-bond donors (Lipinski definition) is 0. The van der Waals surface area contributed by atoms with Crippen LogP contribution in [0.4, 0.5) is 10.5 Å². The maximum atomic E-state index is 12.2. The first-order chi connectivity index (χ1) is 7.85. The number of nitrogens with zero attached hydrogens (tertiary/aromatic N) is 2. The number of aryl methyl sites for hydroxylation is 1. The molecule has 0 unspecified atom stereocenters. The lowest BCUT2D eigenvalue weighted by molar-refractivity contribution is -0.123. The summed E-state index contributed by atoms with van der Waals surface area (Å²) in [4.78, 5) is 27.0. The summed E-state index contributed by atoms with van der Waals surface area (Å²) >= 11 is 0. The molecule has 3 amide bonds. The molecule has 0 bridgehead atoms. The quantitative estimate of drug-likeness (QED) is 0.696. The van der Waals surface area contributed by atoms with Gasteiger partial charge in [-0.1, -0.05) is 12.1 Å². The lowest BCUT2D eigenvalue weighted by atomic mass is 10.0. The summed E-state index contributed by atoms with van der Waals surface area (Å²) in [6.45, 7) is 5.44. The maximum absolute atomic E-state index is 12.2. The minimum atomic E-state index is -0.777. The monoisotopic (exact) mass is 232 g/mol. The van der Waals surface area contributed by atoms with Crippen LogP contribution in [0.15, 0.2) is 24.3 Å². The Hall–Kier alpha value is -1.84. The van der Waals surface area contributed by atoms with Crippen LogP contribution in [0.1, 0.15) is 19.4 Å². The van der Waals surface area contributed by atoms with Crippen molar-refractivity contribution < 1.29 is 9.59 Å². The van der Waals surface area contributed by atoms with Crippen molar-refractivity contribution in [2.45, 2.75) is 26.3 Å². The van der Waals surface area contributed by atoms with Crippen LogP contribution in [-0.2, 0) is 4.79 Å². The topological polar surface area (TPSA) is 40.6 Å². The van der Waals surface area contributed by atoms with Crippen molar-refractivity contribution in [3.05, 3.63) is 29.8 Å². The van der Waals surface area contributed by atoms with Crippen molar-refractivity contribution in [1.29, 1.82) is 0 Å². The van der Waals surface area contributed by atoms with E-state index in [0.29, 0.717) is 5.69 Å². The highest BCUT2D eigenvalue weighted by atomic mass is 16.2. The SMILES string of the molecule is Cc1cccc(N2C(=O)N(C)C(C)(C)C2=O)c1. The average molecular weight is 232 g/mol. The second kappa shape index (κ2) is 3.58. The third-order valence-corrected chi connectivity index (χ3v) is 3.30. The molecular formula is C13H16N2O2. The van der Waals surface area contributed by atoms with Crippen LogP contribution in [0.2, 0.25) is 0 Å². The van der Waals surface area contributed by atoms with E-state index in [4.69, 9.17) is 0 Å². The van der Waals surface area contributed by atoms with E-state index in [1.54, 1.807) is 27.0 Å². The zero-order chi connectivity index (χ0) is 12.8. The first kappa shape index (κ1) is 11.6. The van der Waals surface area contributed by atoms with E-state index in [9.17, 15) is 9.59 Å². The van der Waals surface area contributed by atoms with Gasteiger partial charge in [0.1, 0.15) is 5.54 Å². The summed E-state index contributed by atoms with van der Waals surface area (Å²) in [5, 5.41) is 0. The Morgan fingerprint density at radius 1 is 1.18 bits per heavy atom. The number of carbonyl (C=O) groups excluding carboxylic acids is 2. The highest BCUT2D eigenvalue weighted by Crippen LogP contribution is 2.30. The van der Waals surface area contributed by atoms with Gasteiger partial charge in [0.15, 0.2) is 0 Å². The van der Waals surface area contributed by atoms with E-state index >= 15 is 0 Å². The summed E-state index contributed by atoms with van der Waals surface area (Å²) in [5.41, 5.74) is 0.883. The zero-order valence-corrected chi connectivity index (χ0v) is 10.5. The molecule has 4 heteroatoms. The molecule has 0 saturated carbocycles. The van der Waals surface area contributed by atoms with Gasteiger partial charge in [-0.15, -0.1) is 0 Å². The Labute approximate surface area is 101 Å². The Morgan fingerprint density at radius 2 is 1.82 bits per heavy atom. The van der Waals surface area contributed by atoms with Gasteiger partial charge in [-0.2, -0.15) is 0 Å². The number of hydrogen-bond acceptors (Lipinski definition) is 2. The second-order valence-corrected chi connectivity index (χ2v) is 4.88. The molecule has 2 rings (SSSR count). The molecule has 0 spiro atoms. The van der Waals surface area contributed by atoms with Gasteiger partial charge in [0.25, 0.3) is 5.91 Å². The Kier molecular flexibility index (Phi) is 2.45. The number of benzene rings is 1. The van der Waals surface area contributed by atoms with Crippen LogP contribution in [0, 0.1) is 6.92 Å². The number of anilines is 1. The molecule has 1 fully saturated rings. The third-order valence-electron chi connectivity index (χ3n) is 3.30. The Balaban J connectivity index is 2.48. The molecule has 1 saturated heterocycles. The smallest absolute Gasteiger partial charge is 0.313 e. The molecule has 1 aromatic carbocycles. The zero-order valence-electron chi connectivity index (χ0n) is 10.5. The van der Waals surface area contributed by atoms with E-state index in [2.05, 4.69) is 0 Å². The first-order valence-electron chi connectivity index (χ1n) is 5.54. The van der Waals surface area contributed by atoms with Gasteiger partial charge in [-0.25, -0.2) is 9.69 Å². The van der Waals surface area contributed by atoms with Gasteiger partial charge in [-0.05, 0) is 38.5 Å². The minimum Gasteiger partial charge on any atom is -0.313 e. The van der Waals surface area contributed by atoms with Crippen LogP contribution in [0.3, 0.4) is 0 Å². The highest BCUT2D eigenvalue weighted by Gasteiger charge is 2.49. The molecule has 0 aliphatic carbocycles.